The zero-order valence-corrected chi connectivity index (χ0v) is 23.1. The molecular weight excluding hydrogens is 561 g/mol. The predicted molar refractivity (Wildman–Crippen MR) is 158 cm³/mol. The van der Waals surface area contributed by atoms with Gasteiger partial charge in [0.1, 0.15) is 0 Å². The topological polar surface area (TPSA) is 94.8 Å². The van der Waals surface area contributed by atoms with Gasteiger partial charge in [0.15, 0.2) is 23.9 Å². The number of benzene rings is 4. The largest absolute Gasteiger partial charge is 0.493 e. The Morgan fingerprint density at radius 3 is 2.49 bits per heavy atom. The number of nitrogens with zero attached hydrogens (tertiary/aromatic N) is 3. The van der Waals surface area contributed by atoms with Crippen LogP contribution in [0.2, 0.25) is 0 Å². The summed E-state index contributed by atoms with van der Waals surface area (Å²) < 4.78 is 52.7. The lowest BCUT2D eigenvalue weighted by molar-refractivity contribution is -0.137. The van der Waals surface area contributed by atoms with E-state index in [0.717, 1.165) is 22.4 Å². The minimum atomic E-state index is -4.60. The molecule has 0 atom stereocenters. The number of halogens is 3. The Labute approximate surface area is 244 Å². The third-order valence-electron chi connectivity index (χ3n) is 6.43. The van der Waals surface area contributed by atoms with Crippen molar-refractivity contribution < 1.29 is 27.4 Å². The first-order valence-corrected chi connectivity index (χ1v) is 13.0. The van der Waals surface area contributed by atoms with Crippen LogP contribution in [-0.4, -0.2) is 35.5 Å². The zero-order valence-electron chi connectivity index (χ0n) is 23.1. The van der Waals surface area contributed by atoms with Gasteiger partial charge < -0.3 is 14.8 Å². The first-order valence-electron chi connectivity index (χ1n) is 13.0. The molecule has 0 spiro atoms. The summed E-state index contributed by atoms with van der Waals surface area (Å²) in [5, 5.41) is 7.31. The lowest BCUT2D eigenvalue weighted by Gasteiger charge is -2.14. The second kappa shape index (κ2) is 12.2. The fourth-order valence-electron chi connectivity index (χ4n) is 4.29. The Morgan fingerprint density at radius 1 is 1.00 bits per heavy atom. The van der Waals surface area contributed by atoms with E-state index in [-0.39, 0.29) is 29.1 Å². The number of para-hydroxylation sites is 2. The average Bonchev–Trinajstić information content (AvgIpc) is 3.00. The van der Waals surface area contributed by atoms with Crippen LogP contribution < -0.4 is 20.3 Å². The minimum absolute atomic E-state index is 0.0460. The number of methoxy groups -OCH3 is 1. The highest BCUT2D eigenvalue weighted by molar-refractivity contribution is 5.92. The molecule has 0 saturated carbocycles. The van der Waals surface area contributed by atoms with Gasteiger partial charge in [0.2, 0.25) is 0 Å². The highest BCUT2D eigenvalue weighted by atomic mass is 19.4. The lowest BCUT2D eigenvalue weighted by atomic mass is 10.1. The molecule has 0 bridgehead atoms. The van der Waals surface area contributed by atoms with Crippen molar-refractivity contribution in [2.45, 2.75) is 13.1 Å². The summed E-state index contributed by atoms with van der Waals surface area (Å²) in [5.41, 5.74) is 0.862. The van der Waals surface area contributed by atoms with Crippen molar-refractivity contribution >= 4 is 28.7 Å². The van der Waals surface area contributed by atoms with Crippen LogP contribution in [-0.2, 0) is 11.0 Å². The standard InChI is InChI=1S/C32H25F3N4O4/c1-20-13-15-24(16-14-20)37-28(40)19-43-29-22(8-6-12-27(29)42-2)18-36-39-30(21-7-5-9-23(17-21)32(33,34)35)38-26-11-4-3-10-25(26)31(39)41/h3-18H,19H2,1-2H3,(H,37,40). The Hall–Kier alpha value is -5.45. The maximum Gasteiger partial charge on any atom is 0.416 e. The average molecular weight is 587 g/mol. The number of hydrogen-bond donors (Lipinski definition) is 1. The summed E-state index contributed by atoms with van der Waals surface area (Å²) in [5.74, 6) is -0.0299. The van der Waals surface area contributed by atoms with Gasteiger partial charge in [0, 0.05) is 16.8 Å². The summed E-state index contributed by atoms with van der Waals surface area (Å²) in [6.07, 6.45) is -3.30. The van der Waals surface area contributed by atoms with Crippen molar-refractivity contribution in [3.8, 4) is 22.9 Å². The highest BCUT2D eigenvalue weighted by Gasteiger charge is 2.31. The Bertz CT molecular complexity index is 1880. The van der Waals surface area contributed by atoms with Crippen molar-refractivity contribution in [1.29, 1.82) is 0 Å². The van der Waals surface area contributed by atoms with Crippen LogP contribution in [0.3, 0.4) is 0 Å². The molecule has 0 aliphatic carbocycles. The van der Waals surface area contributed by atoms with Crippen molar-refractivity contribution in [1.82, 2.24) is 9.66 Å². The van der Waals surface area contributed by atoms with Crippen molar-refractivity contribution in [3.05, 3.63) is 118 Å². The van der Waals surface area contributed by atoms with E-state index in [0.29, 0.717) is 22.5 Å². The monoisotopic (exact) mass is 586 g/mol. The second-order valence-corrected chi connectivity index (χ2v) is 9.47. The summed E-state index contributed by atoms with van der Waals surface area (Å²) >= 11 is 0. The van der Waals surface area contributed by atoms with E-state index in [1.54, 1.807) is 54.6 Å². The number of fused-ring (bicyclic) bond motifs is 1. The molecule has 1 heterocycles. The molecule has 4 aromatic carbocycles. The van der Waals surface area contributed by atoms with E-state index < -0.39 is 23.2 Å². The smallest absolute Gasteiger partial charge is 0.416 e. The van der Waals surface area contributed by atoms with Crippen LogP contribution in [0.4, 0.5) is 18.9 Å². The van der Waals surface area contributed by atoms with Gasteiger partial charge in [-0.3, -0.25) is 9.59 Å². The number of anilines is 1. The van der Waals surface area contributed by atoms with E-state index >= 15 is 0 Å². The molecule has 0 fully saturated rings. The normalized spacial score (nSPS) is 11.6. The van der Waals surface area contributed by atoms with Crippen molar-refractivity contribution in [3.63, 3.8) is 0 Å². The molecule has 0 unspecified atom stereocenters. The van der Waals surface area contributed by atoms with Gasteiger partial charge in [-0.25, -0.2) is 4.98 Å². The molecular formula is C32H25F3N4O4. The molecule has 8 nitrogen and oxygen atoms in total. The van der Waals surface area contributed by atoms with Crippen LogP contribution in [0.25, 0.3) is 22.3 Å². The molecule has 0 radical (unpaired) electrons. The molecule has 218 valence electrons. The molecule has 0 saturated heterocycles. The number of carbonyl (C=O) groups is 1. The number of rotatable bonds is 8. The summed E-state index contributed by atoms with van der Waals surface area (Å²) in [6, 6.07) is 23.2. The molecule has 1 amide bonds. The number of aromatic nitrogens is 2. The number of ether oxygens (including phenoxy) is 2. The van der Waals surface area contributed by atoms with Gasteiger partial charge in [-0.15, -0.1) is 0 Å². The number of aryl methyl sites for hydroxylation is 1. The van der Waals surface area contributed by atoms with Crippen LogP contribution in [0, 0.1) is 6.92 Å². The van der Waals surface area contributed by atoms with Crippen molar-refractivity contribution in [2.75, 3.05) is 19.0 Å². The number of hydrogen-bond acceptors (Lipinski definition) is 6. The molecule has 5 rings (SSSR count). The SMILES string of the molecule is COc1cccc(C=Nn2c(-c3cccc(C(F)(F)F)c3)nc3ccccc3c2=O)c1OCC(=O)Nc1ccc(C)cc1. The number of amides is 1. The summed E-state index contributed by atoms with van der Waals surface area (Å²) in [4.78, 5) is 30.6. The first kappa shape index (κ1) is 29.1. The molecule has 1 aromatic heterocycles. The molecule has 43 heavy (non-hydrogen) atoms. The minimum Gasteiger partial charge on any atom is -0.493 e. The van der Waals surface area contributed by atoms with Crippen LogP contribution in [0.15, 0.2) is 101 Å². The Kier molecular flexibility index (Phi) is 8.24. The molecule has 1 N–H and O–H groups in total. The second-order valence-electron chi connectivity index (χ2n) is 9.47. The fourth-order valence-corrected chi connectivity index (χ4v) is 4.29. The van der Waals surface area contributed by atoms with E-state index in [4.69, 9.17) is 9.47 Å². The van der Waals surface area contributed by atoms with Crippen LogP contribution >= 0.6 is 0 Å². The van der Waals surface area contributed by atoms with E-state index in [9.17, 15) is 22.8 Å². The highest BCUT2D eigenvalue weighted by Crippen LogP contribution is 2.33. The van der Waals surface area contributed by atoms with Gasteiger partial charge in [0.05, 0.1) is 29.8 Å². The molecule has 11 heteroatoms. The van der Waals surface area contributed by atoms with Gasteiger partial charge >= 0.3 is 6.18 Å². The summed E-state index contributed by atoms with van der Waals surface area (Å²) in [6.45, 7) is 1.58. The van der Waals surface area contributed by atoms with Crippen LogP contribution in [0.1, 0.15) is 16.7 Å². The van der Waals surface area contributed by atoms with E-state index in [1.165, 1.54) is 25.5 Å². The first-order chi connectivity index (χ1) is 20.6. The van der Waals surface area contributed by atoms with E-state index in [2.05, 4.69) is 15.4 Å². The summed E-state index contributed by atoms with van der Waals surface area (Å²) in [7, 11) is 1.43. The van der Waals surface area contributed by atoms with Gasteiger partial charge in [-0.2, -0.15) is 22.9 Å². The zero-order chi connectivity index (χ0) is 30.6. The van der Waals surface area contributed by atoms with Crippen molar-refractivity contribution in [2.24, 2.45) is 5.10 Å². The van der Waals surface area contributed by atoms with E-state index in [1.807, 2.05) is 19.1 Å². The third kappa shape index (κ3) is 6.56. The van der Waals surface area contributed by atoms with Gasteiger partial charge in [-0.1, -0.05) is 48.0 Å². The molecule has 0 aliphatic heterocycles. The third-order valence-corrected chi connectivity index (χ3v) is 6.43. The number of carbonyl (C=O) groups excluding carboxylic acids is 1. The Balaban J connectivity index is 1.52. The van der Waals surface area contributed by atoms with Crippen LogP contribution in [0.5, 0.6) is 11.5 Å². The molecule has 5 aromatic rings. The maximum atomic E-state index is 13.5. The maximum absolute atomic E-state index is 13.5. The molecule has 0 aliphatic rings. The number of nitrogens with one attached hydrogen (secondary N) is 1. The quantitative estimate of drug-likeness (QED) is 0.216. The number of alkyl halides is 3. The fraction of sp³-hybridized carbons (Fsp3) is 0.125. The lowest BCUT2D eigenvalue weighted by Crippen LogP contribution is -2.21. The predicted octanol–water partition coefficient (Wildman–Crippen LogP) is 6.30. The van der Waals surface area contributed by atoms with Gasteiger partial charge in [0.25, 0.3) is 11.5 Å². The Morgan fingerprint density at radius 2 is 1.74 bits per heavy atom. The van der Waals surface area contributed by atoms with Gasteiger partial charge in [-0.05, 0) is 55.5 Å².